The van der Waals surface area contributed by atoms with Crippen LogP contribution in [0.5, 0.6) is 5.75 Å². The van der Waals surface area contributed by atoms with Crippen LogP contribution in [-0.2, 0) is 0 Å². The lowest BCUT2D eigenvalue weighted by molar-refractivity contribution is 0.0936. The number of carbonyl (C=O) groups excluding carboxylic acids is 1. The van der Waals surface area contributed by atoms with Gasteiger partial charge < -0.3 is 16.2 Å². The molecule has 1 amide bonds. The van der Waals surface area contributed by atoms with Gasteiger partial charge in [-0.05, 0) is 32.0 Å². The minimum atomic E-state index is -0.269. The van der Waals surface area contributed by atoms with E-state index in [0.29, 0.717) is 12.1 Å². The van der Waals surface area contributed by atoms with Crippen LogP contribution >= 0.6 is 0 Å². The lowest BCUT2D eigenvalue weighted by Gasteiger charge is -2.13. The Morgan fingerprint density at radius 1 is 1.53 bits per heavy atom. The first kappa shape index (κ1) is 11.5. The average molecular weight is 208 g/mol. The molecule has 4 N–H and O–H groups in total. The lowest BCUT2D eigenvalue weighted by Crippen LogP contribution is -2.34. The molecule has 0 radical (unpaired) electrons. The summed E-state index contributed by atoms with van der Waals surface area (Å²) in [6.45, 7) is 2.41. The number of nitrogens with two attached hydrogens (primary N) is 1. The molecule has 4 heteroatoms. The Morgan fingerprint density at radius 3 is 2.80 bits per heavy atom. The summed E-state index contributed by atoms with van der Waals surface area (Å²) < 4.78 is 0. The van der Waals surface area contributed by atoms with Crippen LogP contribution in [0, 0.1) is 0 Å². The molecule has 0 fully saturated rings. The molecular formula is C11H16N2O2. The van der Waals surface area contributed by atoms with E-state index in [-0.39, 0.29) is 17.7 Å². The summed E-state index contributed by atoms with van der Waals surface area (Å²) in [6, 6.07) is 6.47. The molecule has 0 bridgehead atoms. The quantitative estimate of drug-likeness (QED) is 0.687. The van der Waals surface area contributed by atoms with Gasteiger partial charge in [-0.25, -0.2) is 0 Å². The van der Waals surface area contributed by atoms with Gasteiger partial charge in [0, 0.05) is 6.04 Å². The second kappa shape index (κ2) is 5.36. The first-order valence-electron chi connectivity index (χ1n) is 4.94. The number of phenolic OH excluding ortho intramolecular Hbond substituents is 1. The van der Waals surface area contributed by atoms with Crippen molar-refractivity contribution in [3.05, 3.63) is 29.8 Å². The molecule has 0 aliphatic carbocycles. The molecule has 0 aliphatic rings. The number of para-hydroxylation sites is 1. The van der Waals surface area contributed by atoms with Crippen molar-refractivity contribution in [1.82, 2.24) is 5.32 Å². The topological polar surface area (TPSA) is 75.3 Å². The van der Waals surface area contributed by atoms with Crippen LogP contribution in [0.2, 0.25) is 0 Å². The van der Waals surface area contributed by atoms with Crippen LogP contribution in [0.3, 0.4) is 0 Å². The highest BCUT2D eigenvalue weighted by molar-refractivity contribution is 5.96. The second-order valence-corrected chi connectivity index (χ2v) is 3.47. The van der Waals surface area contributed by atoms with Crippen LogP contribution in [-0.4, -0.2) is 23.6 Å². The number of hydrogen-bond acceptors (Lipinski definition) is 3. The van der Waals surface area contributed by atoms with Crippen molar-refractivity contribution < 1.29 is 9.90 Å². The largest absolute Gasteiger partial charge is 0.507 e. The first-order valence-corrected chi connectivity index (χ1v) is 4.94. The fourth-order valence-electron chi connectivity index (χ4n) is 1.29. The average Bonchev–Trinajstić information content (AvgIpc) is 2.18. The van der Waals surface area contributed by atoms with Crippen molar-refractivity contribution >= 4 is 5.91 Å². The highest BCUT2D eigenvalue weighted by Gasteiger charge is 2.12. The lowest BCUT2D eigenvalue weighted by atomic mass is 10.1. The summed E-state index contributed by atoms with van der Waals surface area (Å²) in [7, 11) is 0. The molecule has 1 aromatic rings. The van der Waals surface area contributed by atoms with E-state index in [1.165, 1.54) is 6.07 Å². The van der Waals surface area contributed by atoms with Gasteiger partial charge in [0.1, 0.15) is 5.75 Å². The highest BCUT2D eigenvalue weighted by Crippen LogP contribution is 2.15. The van der Waals surface area contributed by atoms with E-state index in [2.05, 4.69) is 5.32 Å². The summed E-state index contributed by atoms with van der Waals surface area (Å²) in [5.41, 5.74) is 5.67. The summed E-state index contributed by atoms with van der Waals surface area (Å²) >= 11 is 0. The first-order chi connectivity index (χ1) is 7.15. The molecule has 1 aromatic carbocycles. The number of phenols is 1. The number of aromatic hydroxyl groups is 1. The van der Waals surface area contributed by atoms with Gasteiger partial charge in [-0.1, -0.05) is 12.1 Å². The number of benzene rings is 1. The monoisotopic (exact) mass is 208 g/mol. The standard InChI is InChI=1S/C11H16N2O2/c1-8(6-7-12)13-11(15)9-4-2-3-5-10(9)14/h2-5,8,14H,6-7,12H2,1H3,(H,13,15). The minimum Gasteiger partial charge on any atom is -0.507 e. The van der Waals surface area contributed by atoms with Gasteiger partial charge in [0.05, 0.1) is 5.56 Å². The van der Waals surface area contributed by atoms with E-state index in [1.54, 1.807) is 18.2 Å². The Balaban J connectivity index is 2.65. The van der Waals surface area contributed by atoms with E-state index in [0.717, 1.165) is 6.42 Å². The van der Waals surface area contributed by atoms with Crippen molar-refractivity contribution in [2.24, 2.45) is 5.73 Å². The molecule has 0 saturated carbocycles. The van der Waals surface area contributed by atoms with Crippen molar-refractivity contribution in [1.29, 1.82) is 0 Å². The third-order valence-electron chi connectivity index (χ3n) is 2.13. The second-order valence-electron chi connectivity index (χ2n) is 3.47. The van der Waals surface area contributed by atoms with Gasteiger partial charge in [-0.15, -0.1) is 0 Å². The van der Waals surface area contributed by atoms with Crippen molar-refractivity contribution in [2.75, 3.05) is 6.54 Å². The van der Waals surface area contributed by atoms with Crippen molar-refractivity contribution in [3.63, 3.8) is 0 Å². The third kappa shape index (κ3) is 3.25. The molecule has 1 rings (SSSR count). The van der Waals surface area contributed by atoms with Crippen LogP contribution in [0.15, 0.2) is 24.3 Å². The Labute approximate surface area is 89.1 Å². The predicted octanol–water partition coefficient (Wildman–Crippen LogP) is 0.859. The van der Waals surface area contributed by atoms with Crippen LogP contribution in [0.1, 0.15) is 23.7 Å². The molecule has 1 unspecified atom stereocenters. The fourth-order valence-corrected chi connectivity index (χ4v) is 1.29. The SMILES string of the molecule is CC(CCN)NC(=O)c1ccccc1O. The van der Waals surface area contributed by atoms with Crippen molar-refractivity contribution in [2.45, 2.75) is 19.4 Å². The molecule has 0 spiro atoms. The zero-order valence-corrected chi connectivity index (χ0v) is 8.73. The zero-order chi connectivity index (χ0) is 11.3. The molecule has 82 valence electrons. The predicted molar refractivity (Wildman–Crippen MR) is 58.7 cm³/mol. The molecule has 0 heterocycles. The van der Waals surface area contributed by atoms with Gasteiger partial charge in [-0.3, -0.25) is 4.79 Å². The number of hydrogen-bond donors (Lipinski definition) is 3. The van der Waals surface area contributed by atoms with Gasteiger partial charge in [0.15, 0.2) is 0 Å². The van der Waals surface area contributed by atoms with Crippen LogP contribution in [0.4, 0.5) is 0 Å². The Kier molecular flexibility index (Phi) is 4.12. The van der Waals surface area contributed by atoms with Crippen LogP contribution in [0.25, 0.3) is 0 Å². The molecule has 4 nitrogen and oxygen atoms in total. The zero-order valence-electron chi connectivity index (χ0n) is 8.73. The van der Waals surface area contributed by atoms with E-state index in [1.807, 2.05) is 6.92 Å². The maximum atomic E-state index is 11.6. The highest BCUT2D eigenvalue weighted by atomic mass is 16.3. The third-order valence-corrected chi connectivity index (χ3v) is 2.13. The molecule has 0 aliphatic heterocycles. The summed E-state index contributed by atoms with van der Waals surface area (Å²) in [4.78, 5) is 11.6. The molecular weight excluding hydrogens is 192 g/mol. The minimum absolute atomic E-state index is 0.00468. The van der Waals surface area contributed by atoms with Crippen LogP contribution < -0.4 is 11.1 Å². The summed E-state index contributed by atoms with van der Waals surface area (Å²) in [6.07, 6.45) is 0.722. The number of carbonyl (C=O) groups is 1. The number of amides is 1. The Hall–Kier alpha value is -1.55. The van der Waals surface area contributed by atoms with E-state index < -0.39 is 0 Å². The number of nitrogens with one attached hydrogen (secondary N) is 1. The molecule has 1 atom stereocenters. The molecule has 15 heavy (non-hydrogen) atoms. The Bertz CT molecular complexity index is 339. The van der Waals surface area contributed by atoms with E-state index >= 15 is 0 Å². The number of rotatable bonds is 4. The molecule has 0 saturated heterocycles. The van der Waals surface area contributed by atoms with E-state index in [4.69, 9.17) is 5.73 Å². The van der Waals surface area contributed by atoms with Gasteiger partial charge in [0.2, 0.25) is 0 Å². The maximum Gasteiger partial charge on any atom is 0.255 e. The van der Waals surface area contributed by atoms with Gasteiger partial charge >= 0.3 is 0 Å². The fraction of sp³-hybridized carbons (Fsp3) is 0.364. The normalized spacial score (nSPS) is 12.1. The van der Waals surface area contributed by atoms with E-state index in [9.17, 15) is 9.90 Å². The van der Waals surface area contributed by atoms with Gasteiger partial charge in [0.25, 0.3) is 5.91 Å². The molecule has 0 aromatic heterocycles. The Morgan fingerprint density at radius 2 is 2.20 bits per heavy atom. The maximum absolute atomic E-state index is 11.6. The smallest absolute Gasteiger partial charge is 0.255 e. The van der Waals surface area contributed by atoms with Crippen molar-refractivity contribution in [3.8, 4) is 5.75 Å². The summed E-state index contributed by atoms with van der Waals surface area (Å²) in [5.74, 6) is -0.274. The van der Waals surface area contributed by atoms with Gasteiger partial charge in [-0.2, -0.15) is 0 Å². The summed E-state index contributed by atoms with van der Waals surface area (Å²) in [5, 5.41) is 12.2.